The van der Waals surface area contributed by atoms with Gasteiger partial charge in [0.05, 0.1) is 5.02 Å². The second-order valence-electron chi connectivity index (χ2n) is 3.88. The molecule has 108 valence electrons. The summed E-state index contributed by atoms with van der Waals surface area (Å²) in [4.78, 5) is 23.0. The van der Waals surface area contributed by atoms with Crippen molar-refractivity contribution in [3.8, 4) is 11.5 Å². The predicted molar refractivity (Wildman–Crippen MR) is 78.1 cm³/mol. The van der Waals surface area contributed by atoms with Crippen LogP contribution in [0.3, 0.4) is 0 Å². The number of esters is 1. The zero-order valence-corrected chi connectivity index (χ0v) is 12.0. The van der Waals surface area contributed by atoms with E-state index in [1.807, 2.05) is 0 Å². The zero-order chi connectivity index (χ0) is 15.4. The number of carbonyl (C=O) groups excluding carboxylic acids is 2. The molecule has 0 aromatic heterocycles. The number of halogens is 2. The van der Waals surface area contributed by atoms with Crippen LogP contribution in [0.25, 0.3) is 0 Å². The standard InChI is InChI=1S/C14H9Cl2NO4/c15-8-5-6-11(21-14(17)19)9(7-8)13(18)20-12-4-2-1-3-10(12)16/h1-7H,(H2,17,19). The van der Waals surface area contributed by atoms with Crippen LogP contribution in [-0.4, -0.2) is 12.1 Å². The Morgan fingerprint density at radius 2 is 1.67 bits per heavy atom. The highest BCUT2D eigenvalue weighted by Gasteiger charge is 2.18. The van der Waals surface area contributed by atoms with Gasteiger partial charge in [-0.05, 0) is 30.3 Å². The summed E-state index contributed by atoms with van der Waals surface area (Å²) in [6.07, 6.45) is -1.05. The molecule has 0 aliphatic carbocycles. The number of nitrogens with two attached hydrogens (primary N) is 1. The lowest BCUT2D eigenvalue weighted by Crippen LogP contribution is -2.19. The summed E-state index contributed by atoms with van der Waals surface area (Å²) in [7, 11) is 0. The fourth-order valence-electron chi connectivity index (χ4n) is 1.54. The van der Waals surface area contributed by atoms with Gasteiger partial charge in [-0.1, -0.05) is 35.3 Å². The number of benzene rings is 2. The van der Waals surface area contributed by atoms with Gasteiger partial charge in [0, 0.05) is 5.02 Å². The third-order valence-electron chi connectivity index (χ3n) is 2.41. The molecule has 0 spiro atoms. The highest BCUT2D eigenvalue weighted by atomic mass is 35.5. The second kappa shape index (κ2) is 6.47. The van der Waals surface area contributed by atoms with Crippen LogP contribution in [0.4, 0.5) is 4.79 Å². The third-order valence-corrected chi connectivity index (χ3v) is 2.96. The maximum Gasteiger partial charge on any atom is 0.409 e. The van der Waals surface area contributed by atoms with Gasteiger partial charge >= 0.3 is 12.1 Å². The quantitative estimate of drug-likeness (QED) is 0.689. The van der Waals surface area contributed by atoms with E-state index in [1.165, 1.54) is 24.3 Å². The van der Waals surface area contributed by atoms with Crippen molar-refractivity contribution in [1.29, 1.82) is 0 Å². The Bertz CT molecular complexity index is 703. The molecule has 0 radical (unpaired) electrons. The second-order valence-corrected chi connectivity index (χ2v) is 4.73. The van der Waals surface area contributed by atoms with Gasteiger partial charge in [0.2, 0.25) is 0 Å². The van der Waals surface area contributed by atoms with Crippen LogP contribution in [-0.2, 0) is 0 Å². The Balaban J connectivity index is 2.32. The molecule has 2 aromatic rings. The zero-order valence-electron chi connectivity index (χ0n) is 10.5. The Morgan fingerprint density at radius 3 is 2.33 bits per heavy atom. The van der Waals surface area contributed by atoms with E-state index in [0.717, 1.165) is 0 Å². The molecule has 2 aromatic carbocycles. The van der Waals surface area contributed by atoms with Gasteiger partial charge in [0.25, 0.3) is 0 Å². The summed E-state index contributed by atoms with van der Waals surface area (Å²) in [5.41, 5.74) is 4.90. The van der Waals surface area contributed by atoms with Crippen molar-refractivity contribution in [2.75, 3.05) is 0 Å². The molecule has 0 atom stereocenters. The van der Waals surface area contributed by atoms with E-state index in [2.05, 4.69) is 0 Å². The molecule has 2 rings (SSSR count). The van der Waals surface area contributed by atoms with Gasteiger partial charge in [0.1, 0.15) is 17.1 Å². The number of hydrogen-bond acceptors (Lipinski definition) is 4. The smallest absolute Gasteiger partial charge is 0.409 e. The van der Waals surface area contributed by atoms with E-state index < -0.39 is 12.1 Å². The van der Waals surface area contributed by atoms with E-state index in [9.17, 15) is 9.59 Å². The number of ether oxygens (including phenoxy) is 2. The molecule has 21 heavy (non-hydrogen) atoms. The van der Waals surface area contributed by atoms with Crippen LogP contribution >= 0.6 is 23.2 Å². The maximum atomic E-state index is 12.1. The summed E-state index contributed by atoms with van der Waals surface area (Å²) in [6.45, 7) is 0. The number of primary amides is 1. The van der Waals surface area contributed by atoms with Crippen molar-refractivity contribution in [2.24, 2.45) is 5.73 Å². The normalized spacial score (nSPS) is 10.0. The molecule has 0 aliphatic heterocycles. The molecule has 0 aliphatic rings. The van der Waals surface area contributed by atoms with Gasteiger partial charge in [-0.25, -0.2) is 9.59 Å². The van der Waals surface area contributed by atoms with Crippen molar-refractivity contribution in [1.82, 2.24) is 0 Å². The molecule has 0 saturated carbocycles. The first-order valence-electron chi connectivity index (χ1n) is 5.71. The summed E-state index contributed by atoms with van der Waals surface area (Å²) >= 11 is 11.7. The number of para-hydroxylation sites is 1. The van der Waals surface area contributed by atoms with Gasteiger partial charge in [-0.15, -0.1) is 0 Å². The highest BCUT2D eigenvalue weighted by Crippen LogP contribution is 2.28. The van der Waals surface area contributed by atoms with Crippen LogP contribution in [0, 0.1) is 0 Å². The third kappa shape index (κ3) is 3.87. The monoisotopic (exact) mass is 325 g/mol. The van der Waals surface area contributed by atoms with E-state index in [0.29, 0.717) is 0 Å². The fourth-order valence-corrected chi connectivity index (χ4v) is 1.89. The minimum absolute atomic E-state index is 0.0405. The van der Waals surface area contributed by atoms with Crippen molar-refractivity contribution < 1.29 is 19.1 Å². The molecule has 0 bridgehead atoms. The SMILES string of the molecule is NC(=O)Oc1ccc(Cl)cc1C(=O)Oc1ccccc1Cl. The lowest BCUT2D eigenvalue weighted by molar-refractivity contribution is 0.0732. The van der Waals surface area contributed by atoms with Crippen molar-refractivity contribution in [3.63, 3.8) is 0 Å². The molecule has 0 saturated heterocycles. The lowest BCUT2D eigenvalue weighted by atomic mass is 10.2. The molecule has 5 nitrogen and oxygen atoms in total. The first-order valence-corrected chi connectivity index (χ1v) is 6.46. The van der Waals surface area contributed by atoms with Gasteiger partial charge in [-0.2, -0.15) is 0 Å². The molecule has 0 unspecified atom stereocenters. The van der Waals surface area contributed by atoms with Crippen molar-refractivity contribution >= 4 is 35.3 Å². The van der Waals surface area contributed by atoms with E-state index >= 15 is 0 Å². The molecule has 2 N–H and O–H groups in total. The predicted octanol–water partition coefficient (Wildman–Crippen LogP) is 3.67. The summed E-state index contributed by atoms with van der Waals surface area (Å²) in [6, 6.07) is 10.6. The summed E-state index contributed by atoms with van der Waals surface area (Å²) in [5, 5.41) is 0.545. The van der Waals surface area contributed by atoms with Crippen LogP contribution in [0.15, 0.2) is 42.5 Å². The molecule has 1 amide bonds. The minimum Gasteiger partial charge on any atom is -0.421 e. The van der Waals surface area contributed by atoms with Gasteiger partial charge in [0.15, 0.2) is 0 Å². The highest BCUT2D eigenvalue weighted by molar-refractivity contribution is 6.32. The number of hydrogen-bond donors (Lipinski definition) is 1. The van der Waals surface area contributed by atoms with Crippen LogP contribution in [0.2, 0.25) is 10.0 Å². The van der Waals surface area contributed by atoms with Gasteiger partial charge in [-0.3, -0.25) is 0 Å². The Hall–Kier alpha value is -2.24. The molecule has 0 fully saturated rings. The van der Waals surface area contributed by atoms with Crippen LogP contribution < -0.4 is 15.2 Å². The number of rotatable bonds is 3. The van der Waals surface area contributed by atoms with Crippen molar-refractivity contribution in [3.05, 3.63) is 58.1 Å². The molecule has 7 heteroatoms. The van der Waals surface area contributed by atoms with E-state index in [-0.39, 0.29) is 27.1 Å². The van der Waals surface area contributed by atoms with E-state index in [4.69, 9.17) is 38.4 Å². The number of carbonyl (C=O) groups is 2. The average Bonchev–Trinajstić information content (AvgIpc) is 2.43. The van der Waals surface area contributed by atoms with E-state index in [1.54, 1.807) is 18.2 Å². The Morgan fingerprint density at radius 1 is 0.952 bits per heavy atom. The fraction of sp³-hybridized carbons (Fsp3) is 0. The van der Waals surface area contributed by atoms with Gasteiger partial charge < -0.3 is 15.2 Å². The Labute approximate surface area is 130 Å². The molecular formula is C14H9Cl2NO4. The summed E-state index contributed by atoms with van der Waals surface area (Å²) in [5.74, 6) is -0.653. The number of amides is 1. The molecular weight excluding hydrogens is 317 g/mol. The maximum absolute atomic E-state index is 12.1. The summed E-state index contributed by atoms with van der Waals surface area (Å²) < 4.78 is 9.88. The first kappa shape index (κ1) is 15.2. The largest absolute Gasteiger partial charge is 0.421 e. The molecule has 0 heterocycles. The lowest BCUT2D eigenvalue weighted by Gasteiger charge is -2.10. The van der Waals surface area contributed by atoms with Crippen LogP contribution in [0.1, 0.15) is 10.4 Å². The minimum atomic E-state index is -1.05. The average molecular weight is 326 g/mol. The first-order chi connectivity index (χ1) is 9.97. The van der Waals surface area contributed by atoms with Crippen LogP contribution in [0.5, 0.6) is 11.5 Å². The van der Waals surface area contributed by atoms with Crippen molar-refractivity contribution in [2.45, 2.75) is 0 Å². The Kier molecular flexibility index (Phi) is 4.67. The topological polar surface area (TPSA) is 78.6 Å².